The number of carbonyl (C=O) groups excluding carboxylic acids is 1. The van der Waals surface area contributed by atoms with Crippen LogP contribution in [0.15, 0.2) is 46.8 Å². The van der Waals surface area contributed by atoms with Crippen LogP contribution in [0.5, 0.6) is 0 Å². The van der Waals surface area contributed by atoms with Gasteiger partial charge in [-0.1, -0.05) is 35.9 Å². The normalized spacial score (nSPS) is 11.3. The van der Waals surface area contributed by atoms with Gasteiger partial charge in [-0.15, -0.1) is 11.3 Å². The molecule has 1 heterocycles. The molecule has 2 aromatic rings. The second kappa shape index (κ2) is 10.2. The average molecular weight is 393 g/mol. The van der Waals surface area contributed by atoms with Crippen LogP contribution in [0.4, 0.5) is 0 Å². The molecular formula is C19H25ClN4OS. The summed E-state index contributed by atoms with van der Waals surface area (Å²) >= 11 is 8.01. The number of amides is 1. The van der Waals surface area contributed by atoms with Gasteiger partial charge in [0, 0.05) is 44.1 Å². The molecule has 0 saturated carbocycles. The number of halogens is 1. The maximum atomic E-state index is 11.9. The van der Waals surface area contributed by atoms with E-state index in [1.807, 2.05) is 42.3 Å². The van der Waals surface area contributed by atoms with Gasteiger partial charge < -0.3 is 15.1 Å². The van der Waals surface area contributed by atoms with Crippen molar-refractivity contribution >= 4 is 34.8 Å². The lowest BCUT2D eigenvalue weighted by Crippen LogP contribution is -2.40. The molecule has 0 aliphatic carbocycles. The Hall–Kier alpha value is -2.05. The van der Waals surface area contributed by atoms with Crippen molar-refractivity contribution in [3.8, 4) is 0 Å². The highest BCUT2D eigenvalue weighted by molar-refractivity contribution is 7.09. The molecule has 0 radical (unpaired) electrons. The van der Waals surface area contributed by atoms with Crippen molar-refractivity contribution in [2.45, 2.75) is 13.0 Å². The number of guanidine groups is 1. The van der Waals surface area contributed by atoms with Crippen LogP contribution in [0, 0.1) is 0 Å². The maximum Gasteiger partial charge on any atom is 0.243 e. The third kappa shape index (κ3) is 6.35. The molecule has 0 spiro atoms. The van der Waals surface area contributed by atoms with E-state index in [1.165, 1.54) is 4.88 Å². The van der Waals surface area contributed by atoms with Crippen molar-refractivity contribution in [3.63, 3.8) is 0 Å². The Morgan fingerprint density at radius 3 is 2.62 bits per heavy atom. The number of benzene rings is 1. The second-order valence-corrected chi connectivity index (χ2v) is 7.57. The highest BCUT2D eigenvalue weighted by Crippen LogP contribution is 2.16. The van der Waals surface area contributed by atoms with Gasteiger partial charge in [0.1, 0.15) is 6.54 Å². The van der Waals surface area contributed by atoms with Crippen molar-refractivity contribution < 1.29 is 4.79 Å². The summed E-state index contributed by atoms with van der Waals surface area (Å²) in [5.74, 6) is 0.658. The Morgan fingerprint density at radius 1 is 1.19 bits per heavy atom. The van der Waals surface area contributed by atoms with E-state index in [-0.39, 0.29) is 12.5 Å². The van der Waals surface area contributed by atoms with Gasteiger partial charge in [0.2, 0.25) is 5.91 Å². The Balaban J connectivity index is 2.03. The third-order valence-electron chi connectivity index (χ3n) is 3.82. The van der Waals surface area contributed by atoms with Crippen molar-refractivity contribution in [1.29, 1.82) is 0 Å². The summed E-state index contributed by atoms with van der Waals surface area (Å²) in [5.41, 5.74) is 1.02. The molecule has 2 rings (SSSR count). The Kier molecular flexibility index (Phi) is 7.94. The van der Waals surface area contributed by atoms with E-state index in [0.29, 0.717) is 12.5 Å². The van der Waals surface area contributed by atoms with Gasteiger partial charge in [0.25, 0.3) is 0 Å². The lowest BCUT2D eigenvalue weighted by atomic mass is 10.2. The average Bonchev–Trinajstić information content (AvgIpc) is 3.12. The molecule has 1 aromatic heterocycles. The number of rotatable bonds is 7. The molecule has 0 saturated heterocycles. The van der Waals surface area contributed by atoms with Gasteiger partial charge >= 0.3 is 0 Å². The van der Waals surface area contributed by atoms with Crippen LogP contribution < -0.4 is 5.32 Å². The summed E-state index contributed by atoms with van der Waals surface area (Å²) in [6.45, 7) is 1.48. The number of nitrogens with zero attached hydrogens (tertiary/aromatic N) is 3. The first kappa shape index (κ1) is 20.3. The monoisotopic (exact) mass is 392 g/mol. The summed E-state index contributed by atoms with van der Waals surface area (Å²) in [4.78, 5) is 21.2. The van der Waals surface area contributed by atoms with Crippen LogP contribution in [0.1, 0.15) is 10.4 Å². The van der Waals surface area contributed by atoms with Gasteiger partial charge in [-0.2, -0.15) is 0 Å². The first-order chi connectivity index (χ1) is 12.5. The van der Waals surface area contributed by atoms with E-state index < -0.39 is 0 Å². The van der Waals surface area contributed by atoms with E-state index in [0.717, 1.165) is 23.6 Å². The lowest BCUT2D eigenvalue weighted by molar-refractivity contribution is -0.127. The molecule has 26 heavy (non-hydrogen) atoms. The number of nitrogens with one attached hydrogen (secondary N) is 1. The Bertz CT molecular complexity index is 731. The fraction of sp³-hybridized carbons (Fsp3) is 0.368. The van der Waals surface area contributed by atoms with Crippen molar-refractivity contribution in [3.05, 3.63) is 57.2 Å². The molecule has 1 amide bonds. The Labute approximate surface area is 164 Å². The summed E-state index contributed by atoms with van der Waals surface area (Å²) in [5, 5.41) is 6.16. The smallest absolute Gasteiger partial charge is 0.243 e. The lowest BCUT2D eigenvalue weighted by Gasteiger charge is -2.23. The van der Waals surface area contributed by atoms with Crippen LogP contribution in [0.25, 0.3) is 0 Å². The molecule has 0 atom stereocenters. The quantitative estimate of drug-likeness (QED) is 0.581. The number of hydrogen-bond acceptors (Lipinski definition) is 3. The van der Waals surface area contributed by atoms with Crippen LogP contribution in [-0.4, -0.2) is 55.9 Å². The molecule has 0 fully saturated rings. The van der Waals surface area contributed by atoms with Crippen molar-refractivity contribution in [2.24, 2.45) is 4.99 Å². The number of aliphatic imine (C=N–C) groups is 1. The molecule has 0 bridgehead atoms. The predicted octanol–water partition coefficient (Wildman–Crippen LogP) is 3.11. The summed E-state index contributed by atoms with van der Waals surface area (Å²) in [6, 6.07) is 11.9. The second-order valence-electron chi connectivity index (χ2n) is 6.13. The molecule has 0 aliphatic heterocycles. The number of thiophene rings is 1. The summed E-state index contributed by atoms with van der Waals surface area (Å²) in [7, 11) is 5.41. The van der Waals surface area contributed by atoms with E-state index in [1.54, 1.807) is 30.3 Å². The molecule has 1 aromatic carbocycles. The molecule has 1 N–H and O–H groups in total. The number of hydrogen-bond donors (Lipinski definition) is 1. The highest BCUT2D eigenvalue weighted by atomic mass is 35.5. The summed E-state index contributed by atoms with van der Waals surface area (Å²) < 4.78 is 0. The molecule has 7 heteroatoms. The molecule has 0 unspecified atom stereocenters. The van der Waals surface area contributed by atoms with Crippen molar-refractivity contribution in [1.82, 2.24) is 15.1 Å². The molecule has 5 nitrogen and oxygen atoms in total. The van der Waals surface area contributed by atoms with Gasteiger partial charge in [-0.3, -0.25) is 4.79 Å². The standard InChI is InChI=1S/C19H25ClN4OS/c1-23(2)18(25)13-22-19(21-11-10-16-8-6-12-26-16)24(3)14-15-7-4-5-9-17(15)20/h4-9,12H,10-11,13-14H2,1-3H3,(H,21,22). The van der Waals surface area contributed by atoms with Crippen LogP contribution in [0.2, 0.25) is 5.02 Å². The first-order valence-corrected chi connectivity index (χ1v) is 9.68. The molecular weight excluding hydrogens is 368 g/mol. The van der Waals surface area contributed by atoms with E-state index in [2.05, 4.69) is 21.8 Å². The largest absolute Gasteiger partial charge is 0.356 e. The zero-order valence-corrected chi connectivity index (χ0v) is 17.0. The van der Waals surface area contributed by atoms with Gasteiger partial charge in [-0.05, 0) is 29.5 Å². The Morgan fingerprint density at radius 2 is 1.96 bits per heavy atom. The highest BCUT2D eigenvalue weighted by Gasteiger charge is 2.11. The van der Waals surface area contributed by atoms with Crippen LogP contribution >= 0.6 is 22.9 Å². The zero-order valence-electron chi connectivity index (χ0n) is 15.4. The first-order valence-electron chi connectivity index (χ1n) is 8.42. The van der Waals surface area contributed by atoms with Crippen LogP contribution in [0.3, 0.4) is 0 Å². The van der Waals surface area contributed by atoms with Gasteiger partial charge in [0.05, 0.1) is 0 Å². The summed E-state index contributed by atoms with van der Waals surface area (Å²) in [6.07, 6.45) is 0.915. The fourth-order valence-corrected chi connectivity index (χ4v) is 3.21. The number of likely N-dealkylation sites (N-methyl/N-ethyl adjacent to an activating group) is 1. The minimum absolute atomic E-state index is 0.0336. The van der Waals surface area contributed by atoms with Crippen molar-refractivity contribution in [2.75, 3.05) is 34.2 Å². The van der Waals surface area contributed by atoms with E-state index >= 15 is 0 Å². The minimum Gasteiger partial charge on any atom is -0.356 e. The SMILES string of the molecule is CN(C)C(=O)CN=C(NCCc1cccs1)N(C)Cc1ccccc1Cl. The topological polar surface area (TPSA) is 47.9 Å². The van der Waals surface area contributed by atoms with E-state index in [4.69, 9.17) is 11.6 Å². The van der Waals surface area contributed by atoms with Gasteiger partial charge in [-0.25, -0.2) is 4.99 Å². The fourth-order valence-electron chi connectivity index (χ4n) is 2.30. The predicted molar refractivity (Wildman–Crippen MR) is 110 cm³/mol. The zero-order chi connectivity index (χ0) is 18.9. The van der Waals surface area contributed by atoms with Gasteiger partial charge in [0.15, 0.2) is 5.96 Å². The third-order valence-corrected chi connectivity index (χ3v) is 5.13. The molecule has 0 aliphatic rings. The maximum absolute atomic E-state index is 11.9. The minimum atomic E-state index is -0.0336. The number of carbonyl (C=O) groups is 1. The van der Waals surface area contributed by atoms with Crippen LogP contribution in [-0.2, 0) is 17.8 Å². The molecule has 140 valence electrons. The van der Waals surface area contributed by atoms with E-state index in [9.17, 15) is 4.79 Å².